The van der Waals surface area contributed by atoms with Crippen molar-refractivity contribution in [3.8, 4) is 0 Å². The van der Waals surface area contributed by atoms with E-state index in [1.54, 1.807) is 14.2 Å². The third kappa shape index (κ3) is 4.05. The summed E-state index contributed by atoms with van der Waals surface area (Å²) in [6.45, 7) is 0.431. The fourth-order valence-electron chi connectivity index (χ4n) is 1.98. The standard InChI is InChI=1S/C11H20O3S/c1-13-8-10(15-14-2)11(12)9-6-4-3-5-7-9/h9,12H,3-8H2,1-2H3/b11-10+. The molecule has 4 heteroatoms. The van der Waals surface area contributed by atoms with Gasteiger partial charge in [0.2, 0.25) is 0 Å². The van der Waals surface area contributed by atoms with E-state index in [4.69, 9.17) is 8.92 Å². The highest BCUT2D eigenvalue weighted by atomic mass is 32.2. The van der Waals surface area contributed by atoms with Crippen molar-refractivity contribution in [2.24, 2.45) is 5.92 Å². The summed E-state index contributed by atoms with van der Waals surface area (Å²) in [5, 5.41) is 10.1. The van der Waals surface area contributed by atoms with Crippen molar-refractivity contribution in [3.05, 3.63) is 10.7 Å². The van der Waals surface area contributed by atoms with Gasteiger partial charge in [-0.2, -0.15) is 0 Å². The predicted octanol–water partition coefficient (Wildman–Crippen LogP) is 3.28. The van der Waals surface area contributed by atoms with E-state index in [0.717, 1.165) is 17.7 Å². The van der Waals surface area contributed by atoms with E-state index in [9.17, 15) is 5.11 Å². The summed E-state index contributed by atoms with van der Waals surface area (Å²) in [5.74, 6) is 0.787. The Morgan fingerprint density at radius 1 is 1.27 bits per heavy atom. The molecule has 0 amide bonds. The molecular formula is C11H20O3S. The molecule has 88 valence electrons. The molecule has 0 saturated heterocycles. The minimum absolute atomic E-state index is 0.312. The minimum Gasteiger partial charge on any atom is -0.511 e. The summed E-state index contributed by atoms with van der Waals surface area (Å²) in [6.07, 6.45) is 5.90. The summed E-state index contributed by atoms with van der Waals surface area (Å²) in [5.41, 5.74) is 0. The number of allylic oxidation sites excluding steroid dienone is 1. The third-order valence-electron chi connectivity index (χ3n) is 2.74. The molecular weight excluding hydrogens is 212 g/mol. The predicted molar refractivity (Wildman–Crippen MR) is 62.7 cm³/mol. The molecule has 1 aliphatic rings. The van der Waals surface area contributed by atoms with Crippen molar-refractivity contribution in [1.82, 2.24) is 0 Å². The van der Waals surface area contributed by atoms with Gasteiger partial charge in [-0.05, 0) is 12.8 Å². The summed E-state index contributed by atoms with van der Waals surface area (Å²) < 4.78 is 10.0. The summed E-state index contributed by atoms with van der Waals surface area (Å²) in [7, 11) is 3.23. The minimum atomic E-state index is 0.312. The molecule has 0 aromatic rings. The Kier molecular flexibility index (Phi) is 6.13. The molecule has 3 nitrogen and oxygen atoms in total. The number of aliphatic hydroxyl groups excluding tert-OH is 1. The SMILES string of the molecule is COC/C(SOC)=C(\O)C1CCCCC1. The zero-order chi connectivity index (χ0) is 11.1. The van der Waals surface area contributed by atoms with Crippen LogP contribution in [0.2, 0.25) is 0 Å². The average Bonchev–Trinajstić information content (AvgIpc) is 2.29. The van der Waals surface area contributed by atoms with Gasteiger partial charge < -0.3 is 14.0 Å². The van der Waals surface area contributed by atoms with Crippen LogP contribution in [-0.2, 0) is 8.92 Å². The van der Waals surface area contributed by atoms with Gasteiger partial charge >= 0.3 is 0 Å². The highest BCUT2D eigenvalue weighted by Crippen LogP contribution is 2.33. The van der Waals surface area contributed by atoms with E-state index in [1.165, 1.54) is 31.3 Å². The second-order valence-electron chi connectivity index (χ2n) is 3.83. The van der Waals surface area contributed by atoms with Crippen LogP contribution in [0.3, 0.4) is 0 Å². The van der Waals surface area contributed by atoms with Crippen LogP contribution >= 0.6 is 12.0 Å². The van der Waals surface area contributed by atoms with Crippen LogP contribution < -0.4 is 0 Å². The van der Waals surface area contributed by atoms with E-state index in [0.29, 0.717) is 18.3 Å². The van der Waals surface area contributed by atoms with Gasteiger partial charge in [-0.1, -0.05) is 19.3 Å². The molecule has 1 rings (SSSR count). The molecule has 15 heavy (non-hydrogen) atoms. The number of hydrogen-bond donors (Lipinski definition) is 1. The van der Waals surface area contributed by atoms with Crippen LogP contribution in [0.25, 0.3) is 0 Å². The van der Waals surface area contributed by atoms with Gasteiger partial charge in [0, 0.05) is 25.1 Å². The molecule has 0 bridgehead atoms. The number of ether oxygens (including phenoxy) is 1. The quantitative estimate of drug-likeness (QED) is 0.583. The fourth-order valence-corrected chi connectivity index (χ4v) is 2.60. The maximum Gasteiger partial charge on any atom is 0.109 e. The molecule has 1 saturated carbocycles. The van der Waals surface area contributed by atoms with E-state index < -0.39 is 0 Å². The Balaban J connectivity index is 2.63. The van der Waals surface area contributed by atoms with Gasteiger partial charge in [-0.15, -0.1) is 0 Å². The van der Waals surface area contributed by atoms with E-state index >= 15 is 0 Å². The molecule has 0 radical (unpaired) electrons. The largest absolute Gasteiger partial charge is 0.511 e. The summed E-state index contributed by atoms with van der Waals surface area (Å²) in [6, 6.07) is 0. The van der Waals surface area contributed by atoms with E-state index in [1.807, 2.05) is 0 Å². The fraction of sp³-hybridized carbons (Fsp3) is 0.818. The molecule has 1 N–H and O–H groups in total. The molecule has 1 fully saturated rings. The Bertz CT molecular complexity index is 202. The van der Waals surface area contributed by atoms with Gasteiger partial charge in [-0.25, -0.2) is 0 Å². The molecule has 0 unspecified atom stereocenters. The molecule has 0 spiro atoms. The first-order valence-electron chi connectivity index (χ1n) is 5.41. The smallest absolute Gasteiger partial charge is 0.109 e. The van der Waals surface area contributed by atoms with Crippen LogP contribution in [0, 0.1) is 5.92 Å². The van der Waals surface area contributed by atoms with Crippen molar-refractivity contribution in [2.75, 3.05) is 20.8 Å². The van der Waals surface area contributed by atoms with Crippen LogP contribution in [0.5, 0.6) is 0 Å². The molecule has 0 aromatic carbocycles. The lowest BCUT2D eigenvalue weighted by Gasteiger charge is -2.22. The van der Waals surface area contributed by atoms with Gasteiger partial charge in [0.15, 0.2) is 0 Å². The zero-order valence-electron chi connectivity index (χ0n) is 9.49. The number of rotatable bonds is 5. The first-order chi connectivity index (χ1) is 7.29. The van der Waals surface area contributed by atoms with Crippen molar-refractivity contribution in [2.45, 2.75) is 32.1 Å². The Morgan fingerprint density at radius 2 is 1.93 bits per heavy atom. The van der Waals surface area contributed by atoms with Gasteiger partial charge in [0.1, 0.15) is 5.76 Å². The summed E-state index contributed by atoms with van der Waals surface area (Å²) >= 11 is 1.21. The van der Waals surface area contributed by atoms with Crippen molar-refractivity contribution in [1.29, 1.82) is 0 Å². The van der Waals surface area contributed by atoms with Crippen molar-refractivity contribution < 1.29 is 14.0 Å². The second-order valence-corrected chi connectivity index (χ2v) is 4.82. The molecule has 1 aliphatic carbocycles. The lowest BCUT2D eigenvalue weighted by molar-refractivity contribution is 0.216. The van der Waals surface area contributed by atoms with E-state index in [-0.39, 0.29) is 0 Å². The average molecular weight is 232 g/mol. The maximum atomic E-state index is 10.1. The Morgan fingerprint density at radius 3 is 2.47 bits per heavy atom. The van der Waals surface area contributed by atoms with Crippen LogP contribution in [0.4, 0.5) is 0 Å². The van der Waals surface area contributed by atoms with Gasteiger partial charge in [-0.3, -0.25) is 0 Å². The summed E-state index contributed by atoms with van der Waals surface area (Å²) in [4.78, 5) is 0.812. The highest BCUT2D eigenvalue weighted by molar-refractivity contribution is 7.98. The van der Waals surface area contributed by atoms with Crippen molar-refractivity contribution in [3.63, 3.8) is 0 Å². The normalized spacial score (nSPS) is 20.1. The topological polar surface area (TPSA) is 38.7 Å². The Labute approximate surface area is 96.0 Å². The van der Waals surface area contributed by atoms with Gasteiger partial charge in [0.05, 0.1) is 18.6 Å². The first-order valence-corrected chi connectivity index (χ1v) is 6.15. The lowest BCUT2D eigenvalue weighted by atomic mass is 9.88. The maximum absolute atomic E-state index is 10.1. The number of methoxy groups -OCH3 is 1. The van der Waals surface area contributed by atoms with Crippen molar-refractivity contribution >= 4 is 12.0 Å². The zero-order valence-corrected chi connectivity index (χ0v) is 10.3. The van der Waals surface area contributed by atoms with Gasteiger partial charge in [0.25, 0.3) is 0 Å². The van der Waals surface area contributed by atoms with E-state index in [2.05, 4.69) is 0 Å². The molecule has 0 aliphatic heterocycles. The molecule has 0 atom stereocenters. The molecule has 0 aromatic heterocycles. The van der Waals surface area contributed by atoms with Crippen LogP contribution in [0.1, 0.15) is 32.1 Å². The second kappa shape index (κ2) is 7.14. The monoisotopic (exact) mass is 232 g/mol. The lowest BCUT2D eigenvalue weighted by Crippen LogP contribution is -2.12. The third-order valence-corrected chi connectivity index (χ3v) is 3.43. The van der Waals surface area contributed by atoms with Crippen LogP contribution in [0.15, 0.2) is 10.7 Å². The highest BCUT2D eigenvalue weighted by Gasteiger charge is 2.21. The first kappa shape index (κ1) is 12.9. The number of hydrogen-bond acceptors (Lipinski definition) is 4. The Hall–Kier alpha value is -0.190. The number of aliphatic hydroxyl groups is 1. The molecule has 0 heterocycles. The van der Waals surface area contributed by atoms with Crippen LogP contribution in [-0.4, -0.2) is 25.9 Å².